The number of nitrogen functional groups attached to an aromatic ring is 1. The molecule has 4 nitrogen and oxygen atoms in total. The van der Waals surface area contributed by atoms with Crippen molar-refractivity contribution in [2.45, 2.75) is 0 Å². The highest BCUT2D eigenvalue weighted by Crippen LogP contribution is 2.21. The first kappa shape index (κ1) is 10.2. The number of phenols is 1. The molecule has 0 aliphatic heterocycles. The fraction of sp³-hybridized carbons (Fsp3) is 0. The molecule has 1 aromatic carbocycles. The first-order valence-electron chi connectivity index (χ1n) is 4.71. The van der Waals surface area contributed by atoms with E-state index in [9.17, 15) is 9.90 Å². The molecule has 0 saturated carbocycles. The smallest absolute Gasteiger partial charge is 0.195 e. The van der Waals surface area contributed by atoms with Gasteiger partial charge < -0.3 is 10.8 Å². The van der Waals surface area contributed by atoms with Crippen molar-refractivity contribution < 1.29 is 9.90 Å². The van der Waals surface area contributed by atoms with E-state index < -0.39 is 0 Å². The first-order chi connectivity index (χ1) is 7.68. The minimum atomic E-state index is -0.226. The number of hydrogen-bond acceptors (Lipinski definition) is 4. The van der Waals surface area contributed by atoms with Gasteiger partial charge in [0, 0.05) is 29.2 Å². The van der Waals surface area contributed by atoms with Gasteiger partial charge in [0.1, 0.15) is 5.75 Å². The van der Waals surface area contributed by atoms with Gasteiger partial charge in [0.2, 0.25) is 0 Å². The Labute approximate surface area is 92.4 Å². The number of ketones is 1. The normalized spacial score (nSPS) is 10.0. The summed E-state index contributed by atoms with van der Waals surface area (Å²) in [5.41, 5.74) is 6.82. The molecule has 2 aromatic rings. The van der Waals surface area contributed by atoms with Gasteiger partial charge in [-0.1, -0.05) is 0 Å². The molecule has 0 atom stereocenters. The monoisotopic (exact) mass is 214 g/mol. The zero-order valence-corrected chi connectivity index (χ0v) is 8.42. The van der Waals surface area contributed by atoms with Gasteiger partial charge in [0.25, 0.3) is 0 Å². The maximum absolute atomic E-state index is 12.0. The van der Waals surface area contributed by atoms with Gasteiger partial charge in [-0.15, -0.1) is 0 Å². The lowest BCUT2D eigenvalue weighted by molar-refractivity contribution is 0.103. The lowest BCUT2D eigenvalue weighted by atomic mass is 10.0. The molecule has 0 fully saturated rings. The Morgan fingerprint density at radius 2 is 1.88 bits per heavy atom. The molecule has 2 rings (SSSR count). The van der Waals surface area contributed by atoms with Gasteiger partial charge in [0.15, 0.2) is 5.78 Å². The molecule has 1 aromatic heterocycles. The largest absolute Gasteiger partial charge is 0.508 e. The molecular formula is C12H10N2O2. The highest BCUT2D eigenvalue weighted by molar-refractivity contribution is 6.12. The first-order valence-corrected chi connectivity index (χ1v) is 4.71. The van der Waals surface area contributed by atoms with Crippen LogP contribution in [0.2, 0.25) is 0 Å². The van der Waals surface area contributed by atoms with Crippen molar-refractivity contribution in [2.24, 2.45) is 0 Å². The number of nitrogens with two attached hydrogens (primary N) is 1. The van der Waals surface area contributed by atoms with E-state index in [4.69, 9.17) is 5.73 Å². The Morgan fingerprint density at radius 3 is 2.56 bits per heavy atom. The molecule has 0 amide bonds. The zero-order chi connectivity index (χ0) is 11.5. The third-order valence-electron chi connectivity index (χ3n) is 2.22. The predicted molar refractivity (Wildman–Crippen MR) is 60.2 cm³/mol. The molecule has 4 heteroatoms. The summed E-state index contributed by atoms with van der Waals surface area (Å²) in [5, 5.41) is 9.31. The molecule has 3 N–H and O–H groups in total. The lowest BCUT2D eigenvalue weighted by Crippen LogP contribution is -2.05. The molecule has 0 aliphatic rings. The number of anilines is 1. The molecule has 16 heavy (non-hydrogen) atoms. The van der Waals surface area contributed by atoms with Crippen molar-refractivity contribution in [1.82, 2.24) is 4.98 Å². The minimum absolute atomic E-state index is 0.0200. The van der Waals surface area contributed by atoms with Crippen LogP contribution in [0.4, 0.5) is 5.69 Å². The van der Waals surface area contributed by atoms with Crippen LogP contribution in [-0.4, -0.2) is 15.9 Å². The van der Waals surface area contributed by atoms with Crippen LogP contribution in [0.15, 0.2) is 42.7 Å². The number of carbonyl (C=O) groups is 1. The molecule has 1 heterocycles. The van der Waals surface area contributed by atoms with E-state index in [2.05, 4.69) is 4.98 Å². The topological polar surface area (TPSA) is 76.2 Å². The van der Waals surface area contributed by atoms with Crippen LogP contribution in [0.1, 0.15) is 15.9 Å². The molecule has 0 radical (unpaired) electrons. The number of aromatic hydroxyl groups is 1. The fourth-order valence-electron chi connectivity index (χ4n) is 1.40. The molecule has 0 saturated heterocycles. The van der Waals surface area contributed by atoms with Crippen molar-refractivity contribution in [2.75, 3.05) is 5.73 Å². The van der Waals surface area contributed by atoms with Crippen molar-refractivity contribution >= 4 is 11.5 Å². The molecule has 0 aliphatic carbocycles. The highest BCUT2D eigenvalue weighted by Gasteiger charge is 2.12. The number of carbonyl (C=O) groups excluding carboxylic acids is 1. The summed E-state index contributed by atoms with van der Waals surface area (Å²) in [7, 11) is 0. The average Bonchev–Trinajstić information content (AvgIpc) is 2.32. The van der Waals surface area contributed by atoms with Gasteiger partial charge in [-0.25, -0.2) is 0 Å². The maximum Gasteiger partial charge on any atom is 0.195 e. The van der Waals surface area contributed by atoms with Crippen LogP contribution < -0.4 is 5.73 Å². The number of aromatic nitrogens is 1. The van der Waals surface area contributed by atoms with Gasteiger partial charge in [-0.3, -0.25) is 9.78 Å². The Hall–Kier alpha value is -2.36. The Morgan fingerprint density at radius 1 is 1.19 bits per heavy atom. The summed E-state index contributed by atoms with van der Waals surface area (Å²) in [6.07, 6.45) is 3.07. The van der Waals surface area contributed by atoms with Gasteiger partial charge in [-0.2, -0.15) is 0 Å². The van der Waals surface area contributed by atoms with Gasteiger partial charge in [-0.05, 0) is 30.3 Å². The second kappa shape index (κ2) is 4.02. The molecule has 0 bridgehead atoms. The summed E-state index contributed by atoms with van der Waals surface area (Å²) in [5.74, 6) is -0.206. The molecular weight excluding hydrogens is 204 g/mol. The van der Waals surface area contributed by atoms with Crippen LogP contribution in [0.3, 0.4) is 0 Å². The van der Waals surface area contributed by atoms with Crippen LogP contribution in [0, 0.1) is 0 Å². The number of phenolic OH excluding ortho intramolecular Hbond substituents is 1. The van der Waals surface area contributed by atoms with E-state index >= 15 is 0 Å². The number of pyridine rings is 1. The van der Waals surface area contributed by atoms with Crippen LogP contribution in [-0.2, 0) is 0 Å². The Balaban J connectivity index is 2.46. The second-order valence-electron chi connectivity index (χ2n) is 3.34. The summed E-state index contributed by atoms with van der Waals surface area (Å²) in [6.45, 7) is 0. The number of benzene rings is 1. The zero-order valence-electron chi connectivity index (χ0n) is 8.42. The second-order valence-corrected chi connectivity index (χ2v) is 3.34. The van der Waals surface area contributed by atoms with E-state index in [0.29, 0.717) is 16.8 Å². The third kappa shape index (κ3) is 1.86. The van der Waals surface area contributed by atoms with E-state index in [1.165, 1.54) is 30.6 Å². The van der Waals surface area contributed by atoms with Gasteiger partial charge >= 0.3 is 0 Å². The molecule has 0 spiro atoms. The van der Waals surface area contributed by atoms with Crippen molar-refractivity contribution in [1.29, 1.82) is 0 Å². The van der Waals surface area contributed by atoms with Crippen LogP contribution in [0.25, 0.3) is 0 Å². The Kier molecular flexibility index (Phi) is 2.55. The predicted octanol–water partition coefficient (Wildman–Crippen LogP) is 1.60. The van der Waals surface area contributed by atoms with E-state index in [0.717, 1.165) is 0 Å². The summed E-state index contributed by atoms with van der Waals surface area (Å²) < 4.78 is 0. The summed E-state index contributed by atoms with van der Waals surface area (Å²) in [6, 6.07) is 7.51. The van der Waals surface area contributed by atoms with E-state index in [1.54, 1.807) is 12.1 Å². The van der Waals surface area contributed by atoms with Crippen LogP contribution in [0.5, 0.6) is 5.75 Å². The van der Waals surface area contributed by atoms with E-state index in [-0.39, 0.29) is 11.5 Å². The minimum Gasteiger partial charge on any atom is -0.508 e. The maximum atomic E-state index is 12.0. The van der Waals surface area contributed by atoms with E-state index in [1.807, 2.05) is 0 Å². The van der Waals surface area contributed by atoms with Crippen LogP contribution >= 0.6 is 0 Å². The average molecular weight is 214 g/mol. The van der Waals surface area contributed by atoms with Crippen molar-refractivity contribution in [3.05, 3.63) is 53.9 Å². The SMILES string of the molecule is Nc1ccc(O)cc1C(=O)c1ccncc1. The third-order valence-corrected chi connectivity index (χ3v) is 2.22. The van der Waals surface area contributed by atoms with Gasteiger partial charge in [0.05, 0.1) is 0 Å². The molecule has 80 valence electrons. The number of rotatable bonds is 2. The van der Waals surface area contributed by atoms with Crippen molar-refractivity contribution in [3.63, 3.8) is 0 Å². The van der Waals surface area contributed by atoms with Crippen molar-refractivity contribution in [3.8, 4) is 5.75 Å². The number of hydrogen-bond donors (Lipinski definition) is 2. The standard InChI is InChI=1S/C12H10N2O2/c13-11-2-1-9(15)7-10(11)12(16)8-3-5-14-6-4-8/h1-7,15H,13H2. The Bertz CT molecular complexity index is 524. The quantitative estimate of drug-likeness (QED) is 0.452. The fourth-order valence-corrected chi connectivity index (χ4v) is 1.40. The summed E-state index contributed by atoms with van der Waals surface area (Å²) >= 11 is 0. The lowest BCUT2D eigenvalue weighted by Gasteiger charge is -2.05. The summed E-state index contributed by atoms with van der Waals surface area (Å²) in [4.78, 5) is 15.8. The number of nitrogens with zero attached hydrogens (tertiary/aromatic N) is 1. The molecule has 0 unspecified atom stereocenters. The highest BCUT2D eigenvalue weighted by atomic mass is 16.3.